The number of hydrogen-bond donors (Lipinski definition) is 0. The van der Waals surface area contributed by atoms with Crippen LogP contribution in [0.5, 0.6) is 0 Å². The molecule has 0 unspecified atom stereocenters. The van der Waals surface area contributed by atoms with Gasteiger partial charge >= 0.3 is 0 Å². The molecule has 0 amide bonds. The highest BCUT2D eigenvalue weighted by molar-refractivity contribution is 6.30. The van der Waals surface area contributed by atoms with Gasteiger partial charge in [0.05, 0.1) is 0 Å². The van der Waals surface area contributed by atoms with Crippen molar-refractivity contribution in [3.8, 4) is 16.8 Å². The lowest BCUT2D eigenvalue weighted by Gasteiger charge is -2.13. The molecular formula is C21H13Cl2NO. The fraction of sp³-hybridized carbons (Fsp3) is 0. The normalized spacial score (nSPS) is 11.0. The van der Waals surface area contributed by atoms with Crippen LogP contribution in [0.1, 0.15) is 0 Å². The van der Waals surface area contributed by atoms with Gasteiger partial charge in [0.1, 0.15) is 0 Å². The van der Waals surface area contributed by atoms with Crippen molar-refractivity contribution >= 4 is 34.0 Å². The molecule has 0 saturated heterocycles. The van der Waals surface area contributed by atoms with Crippen molar-refractivity contribution in [2.24, 2.45) is 0 Å². The Morgan fingerprint density at radius 2 is 1.24 bits per heavy atom. The minimum Gasteiger partial charge on any atom is -0.283 e. The molecule has 0 aliphatic carbocycles. The predicted molar refractivity (Wildman–Crippen MR) is 105 cm³/mol. The van der Waals surface area contributed by atoms with Crippen LogP contribution in [0.2, 0.25) is 10.0 Å². The number of benzene rings is 3. The van der Waals surface area contributed by atoms with Gasteiger partial charge in [-0.1, -0.05) is 53.5 Å². The Hall–Kier alpha value is -2.55. The second-order valence-electron chi connectivity index (χ2n) is 5.75. The Kier molecular flexibility index (Phi) is 4.08. The molecule has 3 aromatic carbocycles. The molecule has 0 saturated carbocycles. The van der Waals surface area contributed by atoms with Crippen LogP contribution in [-0.2, 0) is 0 Å². The summed E-state index contributed by atoms with van der Waals surface area (Å²) in [6, 6.07) is 22.5. The Labute approximate surface area is 154 Å². The van der Waals surface area contributed by atoms with E-state index in [1.165, 1.54) is 0 Å². The highest BCUT2D eigenvalue weighted by Crippen LogP contribution is 2.28. The molecule has 0 aliphatic rings. The Morgan fingerprint density at radius 1 is 0.680 bits per heavy atom. The summed E-state index contributed by atoms with van der Waals surface area (Å²) in [5, 5.41) is 2.90. The molecule has 0 aliphatic heterocycles. The first-order valence-corrected chi connectivity index (χ1v) is 8.55. The molecule has 0 bridgehead atoms. The Morgan fingerprint density at radius 3 is 1.88 bits per heavy atom. The number of aromatic nitrogens is 1. The summed E-state index contributed by atoms with van der Waals surface area (Å²) in [5.41, 5.74) is 2.69. The molecule has 1 aromatic heterocycles. The molecule has 0 spiro atoms. The highest BCUT2D eigenvalue weighted by Gasteiger charge is 2.11. The molecule has 0 N–H and O–H groups in total. The van der Waals surface area contributed by atoms with E-state index < -0.39 is 0 Å². The number of rotatable bonds is 2. The monoisotopic (exact) mass is 365 g/mol. The maximum absolute atomic E-state index is 13.0. The van der Waals surface area contributed by atoms with Crippen molar-refractivity contribution in [3.05, 3.63) is 99.4 Å². The lowest BCUT2D eigenvalue weighted by atomic mass is 10.0. The third-order valence-electron chi connectivity index (χ3n) is 4.18. The van der Waals surface area contributed by atoms with Crippen LogP contribution in [-0.4, -0.2) is 4.57 Å². The van der Waals surface area contributed by atoms with E-state index in [-0.39, 0.29) is 5.56 Å². The van der Waals surface area contributed by atoms with Crippen LogP contribution in [0, 0.1) is 0 Å². The lowest BCUT2D eigenvalue weighted by molar-refractivity contribution is 1.01. The number of halogens is 2. The quantitative estimate of drug-likeness (QED) is 0.429. The van der Waals surface area contributed by atoms with Crippen molar-refractivity contribution in [1.29, 1.82) is 0 Å². The van der Waals surface area contributed by atoms with E-state index in [9.17, 15) is 4.79 Å². The lowest BCUT2D eigenvalue weighted by Crippen LogP contribution is -2.18. The minimum absolute atomic E-state index is 0.0596. The van der Waals surface area contributed by atoms with Gasteiger partial charge in [-0.3, -0.25) is 9.36 Å². The summed E-state index contributed by atoms with van der Waals surface area (Å²) in [7, 11) is 0. The second kappa shape index (κ2) is 6.40. The molecule has 4 aromatic rings. The van der Waals surface area contributed by atoms with Gasteiger partial charge < -0.3 is 0 Å². The van der Waals surface area contributed by atoms with Gasteiger partial charge in [-0.15, -0.1) is 0 Å². The van der Waals surface area contributed by atoms with E-state index in [1.54, 1.807) is 16.7 Å². The summed E-state index contributed by atoms with van der Waals surface area (Å²) in [4.78, 5) is 13.0. The molecule has 122 valence electrons. The van der Waals surface area contributed by atoms with E-state index in [2.05, 4.69) is 0 Å². The van der Waals surface area contributed by atoms with E-state index in [0.29, 0.717) is 15.4 Å². The number of nitrogens with zero attached hydrogens (tertiary/aromatic N) is 1. The fourth-order valence-electron chi connectivity index (χ4n) is 2.94. The minimum atomic E-state index is -0.0596. The topological polar surface area (TPSA) is 22.0 Å². The van der Waals surface area contributed by atoms with E-state index in [0.717, 1.165) is 22.2 Å². The SMILES string of the molecule is O=c1c2ccccc2c(-c2ccc(Cl)cc2)cn1-c1ccc(Cl)cc1. The molecule has 4 heteroatoms. The molecule has 25 heavy (non-hydrogen) atoms. The van der Waals surface area contributed by atoms with Gasteiger partial charge in [0, 0.05) is 32.9 Å². The van der Waals surface area contributed by atoms with Crippen LogP contribution >= 0.6 is 23.2 Å². The summed E-state index contributed by atoms with van der Waals surface area (Å²) in [6.45, 7) is 0. The zero-order valence-corrected chi connectivity index (χ0v) is 14.6. The van der Waals surface area contributed by atoms with Crippen molar-refractivity contribution in [2.45, 2.75) is 0 Å². The zero-order valence-electron chi connectivity index (χ0n) is 13.1. The van der Waals surface area contributed by atoms with Gasteiger partial charge in [0.2, 0.25) is 0 Å². The van der Waals surface area contributed by atoms with E-state index in [4.69, 9.17) is 23.2 Å². The molecule has 0 fully saturated rings. The Balaban J connectivity index is 2.05. The first kappa shape index (κ1) is 15.9. The van der Waals surface area contributed by atoms with E-state index >= 15 is 0 Å². The third-order valence-corrected chi connectivity index (χ3v) is 4.69. The van der Waals surface area contributed by atoms with Gasteiger partial charge in [-0.25, -0.2) is 0 Å². The largest absolute Gasteiger partial charge is 0.283 e. The third kappa shape index (κ3) is 2.95. The molecule has 2 nitrogen and oxygen atoms in total. The molecule has 0 atom stereocenters. The van der Waals surface area contributed by atoms with Gasteiger partial charge in [-0.05, 0) is 53.4 Å². The molecule has 4 rings (SSSR count). The van der Waals surface area contributed by atoms with Crippen LogP contribution in [0.25, 0.3) is 27.6 Å². The Bertz CT molecular complexity index is 1110. The maximum Gasteiger partial charge on any atom is 0.262 e. The maximum atomic E-state index is 13.0. The van der Waals surface area contributed by atoms with E-state index in [1.807, 2.05) is 66.9 Å². The number of fused-ring (bicyclic) bond motifs is 1. The van der Waals surface area contributed by atoms with Crippen molar-refractivity contribution in [1.82, 2.24) is 4.57 Å². The zero-order chi connectivity index (χ0) is 17.4. The fourth-order valence-corrected chi connectivity index (χ4v) is 3.20. The average Bonchev–Trinajstić information content (AvgIpc) is 2.64. The molecule has 1 heterocycles. The van der Waals surface area contributed by atoms with Crippen LogP contribution in [0.4, 0.5) is 0 Å². The molecule has 0 radical (unpaired) electrons. The number of pyridine rings is 1. The summed E-state index contributed by atoms with van der Waals surface area (Å²) < 4.78 is 1.66. The first-order valence-electron chi connectivity index (χ1n) is 7.80. The molecular weight excluding hydrogens is 353 g/mol. The highest BCUT2D eigenvalue weighted by atomic mass is 35.5. The van der Waals surface area contributed by atoms with Crippen LogP contribution < -0.4 is 5.56 Å². The summed E-state index contributed by atoms with van der Waals surface area (Å²) >= 11 is 12.0. The van der Waals surface area contributed by atoms with Crippen molar-refractivity contribution in [2.75, 3.05) is 0 Å². The second-order valence-corrected chi connectivity index (χ2v) is 6.62. The van der Waals surface area contributed by atoms with Gasteiger partial charge in [0.15, 0.2) is 0 Å². The summed E-state index contributed by atoms with van der Waals surface area (Å²) in [5.74, 6) is 0. The predicted octanol–water partition coefficient (Wildman–Crippen LogP) is 5.96. The van der Waals surface area contributed by atoms with Crippen LogP contribution in [0.3, 0.4) is 0 Å². The first-order chi connectivity index (χ1) is 12.1. The van der Waals surface area contributed by atoms with Gasteiger partial charge in [-0.2, -0.15) is 0 Å². The van der Waals surface area contributed by atoms with Crippen LogP contribution in [0.15, 0.2) is 83.8 Å². The summed E-state index contributed by atoms with van der Waals surface area (Å²) in [6.07, 6.45) is 1.87. The smallest absolute Gasteiger partial charge is 0.262 e. The standard InChI is InChI=1S/C21H13Cl2NO/c22-15-7-5-14(6-8-15)20-13-24(17-11-9-16(23)10-12-17)21(25)19-4-2-1-3-18(19)20/h1-13H. The van der Waals surface area contributed by atoms with Crippen molar-refractivity contribution in [3.63, 3.8) is 0 Å². The average molecular weight is 366 g/mol. The van der Waals surface area contributed by atoms with Gasteiger partial charge in [0.25, 0.3) is 5.56 Å². The number of hydrogen-bond acceptors (Lipinski definition) is 1. The van der Waals surface area contributed by atoms with Crippen molar-refractivity contribution < 1.29 is 0 Å².